The molecule has 0 radical (unpaired) electrons. The van der Waals surface area contributed by atoms with Gasteiger partial charge in [-0.3, -0.25) is 4.79 Å². The van der Waals surface area contributed by atoms with Crippen LogP contribution in [-0.4, -0.2) is 18.5 Å². The van der Waals surface area contributed by atoms with Crippen LogP contribution in [0.4, 0.5) is 5.69 Å². The van der Waals surface area contributed by atoms with Gasteiger partial charge in [0.05, 0.1) is 6.04 Å². The van der Waals surface area contributed by atoms with Gasteiger partial charge in [-0.1, -0.05) is 17.7 Å². The number of carbonyl (C=O) groups is 1. The van der Waals surface area contributed by atoms with Gasteiger partial charge in [-0.15, -0.1) is 0 Å². The summed E-state index contributed by atoms with van der Waals surface area (Å²) in [5.74, 6) is -0.0210. The van der Waals surface area contributed by atoms with Gasteiger partial charge in [0.15, 0.2) is 0 Å². The quantitative estimate of drug-likeness (QED) is 0.762. The van der Waals surface area contributed by atoms with Crippen molar-refractivity contribution in [3.05, 3.63) is 29.3 Å². The van der Waals surface area contributed by atoms with Crippen molar-refractivity contribution in [3.8, 4) is 0 Å². The molecule has 3 nitrogen and oxygen atoms in total. The second-order valence-electron chi connectivity index (χ2n) is 3.36. The van der Waals surface area contributed by atoms with Crippen molar-refractivity contribution in [1.82, 2.24) is 0 Å². The molecule has 0 saturated carbocycles. The lowest BCUT2D eigenvalue weighted by Gasteiger charge is -2.15. The highest BCUT2D eigenvalue weighted by Crippen LogP contribution is 2.23. The van der Waals surface area contributed by atoms with Crippen LogP contribution in [0.15, 0.2) is 24.3 Å². The zero-order valence-electron chi connectivity index (χ0n) is 7.61. The number of nitrogens with two attached hydrogens (primary N) is 1. The predicted molar refractivity (Wildman–Crippen MR) is 56.4 cm³/mol. The number of anilines is 1. The standard InChI is InChI=1S/C10H11ClN2O/c11-7-2-1-3-8(6-7)13-5-4-9(12)10(13)14/h1-3,6,9H,4-5,12H2/t9-/m1/s1. The zero-order valence-corrected chi connectivity index (χ0v) is 8.37. The molecule has 0 bridgehead atoms. The molecule has 1 amide bonds. The Morgan fingerprint density at radius 3 is 2.86 bits per heavy atom. The molecule has 1 aromatic rings. The average molecular weight is 211 g/mol. The minimum Gasteiger partial charge on any atom is -0.320 e. The highest BCUT2D eigenvalue weighted by molar-refractivity contribution is 6.30. The second-order valence-corrected chi connectivity index (χ2v) is 3.80. The highest BCUT2D eigenvalue weighted by Gasteiger charge is 2.29. The first-order valence-corrected chi connectivity index (χ1v) is 4.89. The average Bonchev–Trinajstić information content (AvgIpc) is 2.48. The molecule has 0 spiro atoms. The molecule has 74 valence electrons. The summed E-state index contributed by atoms with van der Waals surface area (Å²) >= 11 is 5.84. The number of hydrogen-bond acceptors (Lipinski definition) is 2. The molecule has 2 N–H and O–H groups in total. The van der Waals surface area contributed by atoms with Crippen molar-refractivity contribution in [2.75, 3.05) is 11.4 Å². The molecule has 1 aromatic carbocycles. The maximum absolute atomic E-state index is 11.6. The van der Waals surface area contributed by atoms with E-state index in [-0.39, 0.29) is 11.9 Å². The van der Waals surface area contributed by atoms with E-state index in [2.05, 4.69) is 0 Å². The first-order chi connectivity index (χ1) is 6.68. The number of benzene rings is 1. The van der Waals surface area contributed by atoms with E-state index < -0.39 is 0 Å². The molecule has 1 aliphatic heterocycles. The number of rotatable bonds is 1. The minimum absolute atomic E-state index is 0.0210. The fourth-order valence-corrected chi connectivity index (χ4v) is 1.79. The molecule has 1 heterocycles. The molecule has 1 fully saturated rings. The predicted octanol–water partition coefficient (Wildman–Crippen LogP) is 1.40. The Bertz CT molecular complexity index is 367. The topological polar surface area (TPSA) is 46.3 Å². The van der Waals surface area contributed by atoms with E-state index in [4.69, 9.17) is 17.3 Å². The van der Waals surface area contributed by atoms with E-state index in [0.29, 0.717) is 18.0 Å². The SMILES string of the molecule is N[C@@H]1CCN(c2cccc(Cl)c2)C1=O. The number of hydrogen-bond donors (Lipinski definition) is 1. The zero-order chi connectivity index (χ0) is 10.1. The lowest BCUT2D eigenvalue weighted by atomic mass is 10.3. The lowest BCUT2D eigenvalue weighted by molar-refractivity contribution is -0.118. The number of nitrogens with zero attached hydrogens (tertiary/aromatic N) is 1. The Kier molecular flexibility index (Phi) is 2.44. The largest absolute Gasteiger partial charge is 0.320 e. The summed E-state index contributed by atoms with van der Waals surface area (Å²) in [6, 6.07) is 6.90. The fourth-order valence-electron chi connectivity index (χ4n) is 1.60. The third-order valence-electron chi connectivity index (χ3n) is 2.37. The van der Waals surface area contributed by atoms with E-state index in [9.17, 15) is 4.79 Å². The third-order valence-corrected chi connectivity index (χ3v) is 2.60. The van der Waals surface area contributed by atoms with Crippen LogP contribution >= 0.6 is 11.6 Å². The van der Waals surface area contributed by atoms with Crippen molar-refractivity contribution in [1.29, 1.82) is 0 Å². The van der Waals surface area contributed by atoms with E-state index in [0.717, 1.165) is 5.69 Å². The van der Waals surface area contributed by atoms with Crippen LogP contribution in [-0.2, 0) is 4.79 Å². The molecule has 1 saturated heterocycles. The van der Waals surface area contributed by atoms with Gasteiger partial charge in [0, 0.05) is 17.3 Å². The maximum Gasteiger partial charge on any atom is 0.243 e. The van der Waals surface area contributed by atoms with E-state index in [1.54, 1.807) is 17.0 Å². The molecule has 0 unspecified atom stereocenters. The normalized spacial score (nSPS) is 21.7. The van der Waals surface area contributed by atoms with Crippen molar-refractivity contribution in [2.24, 2.45) is 5.73 Å². The van der Waals surface area contributed by atoms with Gasteiger partial charge in [-0.25, -0.2) is 0 Å². The first kappa shape index (κ1) is 9.49. The van der Waals surface area contributed by atoms with Gasteiger partial charge in [-0.2, -0.15) is 0 Å². The number of carbonyl (C=O) groups excluding carboxylic acids is 1. The number of amides is 1. The van der Waals surface area contributed by atoms with Crippen LogP contribution in [0.1, 0.15) is 6.42 Å². The van der Waals surface area contributed by atoms with Crippen molar-refractivity contribution in [3.63, 3.8) is 0 Å². The minimum atomic E-state index is -0.353. The molecule has 0 aromatic heterocycles. The Balaban J connectivity index is 2.28. The first-order valence-electron chi connectivity index (χ1n) is 4.51. The van der Waals surface area contributed by atoms with Crippen LogP contribution in [0.3, 0.4) is 0 Å². The Morgan fingerprint density at radius 2 is 2.29 bits per heavy atom. The van der Waals surface area contributed by atoms with Crippen LogP contribution in [0, 0.1) is 0 Å². The summed E-state index contributed by atoms with van der Waals surface area (Å²) in [6.45, 7) is 0.681. The molecular weight excluding hydrogens is 200 g/mol. The Labute approximate surface area is 87.4 Å². The highest BCUT2D eigenvalue weighted by atomic mass is 35.5. The summed E-state index contributed by atoms with van der Waals surface area (Å²) in [5.41, 5.74) is 6.45. The van der Waals surface area contributed by atoms with Crippen LogP contribution in [0.2, 0.25) is 5.02 Å². The molecule has 1 atom stereocenters. The summed E-state index contributed by atoms with van der Waals surface area (Å²) in [5, 5.41) is 0.635. The Morgan fingerprint density at radius 1 is 1.50 bits per heavy atom. The Hall–Kier alpha value is -1.06. The molecule has 2 rings (SSSR count). The fraction of sp³-hybridized carbons (Fsp3) is 0.300. The maximum atomic E-state index is 11.6. The van der Waals surface area contributed by atoms with Crippen molar-refractivity contribution in [2.45, 2.75) is 12.5 Å². The summed E-state index contributed by atoms with van der Waals surface area (Å²) in [4.78, 5) is 13.3. The van der Waals surface area contributed by atoms with Gasteiger partial charge >= 0.3 is 0 Å². The molecular formula is C10H11ClN2O. The molecule has 1 aliphatic rings. The summed E-state index contributed by atoms with van der Waals surface area (Å²) in [6.07, 6.45) is 0.714. The second kappa shape index (κ2) is 3.59. The van der Waals surface area contributed by atoms with Crippen LogP contribution in [0.25, 0.3) is 0 Å². The third kappa shape index (κ3) is 1.61. The molecule has 0 aliphatic carbocycles. The van der Waals surface area contributed by atoms with Gasteiger partial charge in [0.25, 0.3) is 0 Å². The van der Waals surface area contributed by atoms with Crippen LogP contribution < -0.4 is 10.6 Å². The van der Waals surface area contributed by atoms with Gasteiger partial charge in [0.1, 0.15) is 0 Å². The van der Waals surface area contributed by atoms with Crippen molar-refractivity contribution < 1.29 is 4.79 Å². The number of halogens is 1. The summed E-state index contributed by atoms with van der Waals surface area (Å²) in [7, 11) is 0. The molecule has 4 heteroatoms. The van der Waals surface area contributed by atoms with Gasteiger partial charge in [-0.05, 0) is 24.6 Å². The van der Waals surface area contributed by atoms with E-state index in [1.165, 1.54) is 0 Å². The van der Waals surface area contributed by atoms with Crippen molar-refractivity contribution >= 4 is 23.2 Å². The molecule has 14 heavy (non-hydrogen) atoms. The lowest BCUT2D eigenvalue weighted by Crippen LogP contribution is -2.33. The van der Waals surface area contributed by atoms with Gasteiger partial charge in [0.2, 0.25) is 5.91 Å². The monoisotopic (exact) mass is 210 g/mol. The van der Waals surface area contributed by atoms with Gasteiger partial charge < -0.3 is 10.6 Å². The smallest absolute Gasteiger partial charge is 0.243 e. The van der Waals surface area contributed by atoms with E-state index in [1.807, 2.05) is 12.1 Å². The van der Waals surface area contributed by atoms with Crippen LogP contribution in [0.5, 0.6) is 0 Å². The van der Waals surface area contributed by atoms with E-state index >= 15 is 0 Å². The summed E-state index contributed by atoms with van der Waals surface area (Å²) < 4.78 is 0.